The van der Waals surface area contributed by atoms with Crippen LogP contribution in [0.2, 0.25) is 5.02 Å². The Labute approximate surface area is 119 Å². The minimum atomic E-state index is -0.303. The third-order valence-corrected chi connectivity index (χ3v) is 3.58. The van der Waals surface area contributed by atoms with Gasteiger partial charge in [-0.05, 0) is 42.3 Å². The maximum atomic E-state index is 13.5. The van der Waals surface area contributed by atoms with Gasteiger partial charge in [-0.3, -0.25) is 0 Å². The van der Waals surface area contributed by atoms with Gasteiger partial charge in [-0.1, -0.05) is 39.7 Å². The number of anilines is 1. The van der Waals surface area contributed by atoms with Gasteiger partial charge in [-0.25, -0.2) is 4.39 Å². The number of rotatable bonds is 3. The molecule has 1 N–H and O–H groups in total. The van der Waals surface area contributed by atoms with Crippen molar-refractivity contribution in [2.24, 2.45) is 0 Å². The molecule has 0 atom stereocenters. The molecule has 2 aromatic rings. The average Bonchev–Trinajstić information content (AvgIpc) is 2.32. The number of hydrogen-bond acceptors (Lipinski definition) is 1. The molecule has 0 saturated heterocycles. The van der Waals surface area contributed by atoms with Gasteiger partial charge >= 0.3 is 0 Å². The zero-order chi connectivity index (χ0) is 13.1. The highest BCUT2D eigenvalue weighted by molar-refractivity contribution is 9.10. The molecular formula is C14H12BrClFN. The summed E-state index contributed by atoms with van der Waals surface area (Å²) >= 11 is 9.33. The fourth-order valence-corrected chi connectivity index (χ4v) is 2.42. The molecule has 0 aliphatic carbocycles. The van der Waals surface area contributed by atoms with E-state index in [1.54, 1.807) is 6.07 Å². The van der Waals surface area contributed by atoms with Gasteiger partial charge in [0.05, 0.1) is 5.69 Å². The Bertz CT molecular complexity index is 572. The molecule has 94 valence electrons. The van der Waals surface area contributed by atoms with E-state index in [1.165, 1.54) is 17.7 Å². The predicted molar refractivity (Wildman–Crippen MR) is 77.6 cm³/mol. The molecule has 4 heteroatoms. The van der Waals surface area contributed by atoms with Crippen LogP contribution in [0.25, 0.3) is 0 Å². The van der Waals surface area contributed by atoms with E-state index in [2.05, 4.69) is 21.2 Å². The van der Waals surface area contributed by atoms with E-state index in [4.69, 9.17) is 11.6 Å². The third-order valence-electron chi connectivity index (χ3n) is 2.61. The van der Waals surface area contributed by atoms with Crippen molar-refractivity contribution in [3.05, 3.63) is 62.8 Å². The molecule has 0 saturated carbocycles. The standard InChI is InChI=1S/C14H12BrClFN/c1-9-2-3-10(12(15)6-9)8-18-14-7-11(16)4-5-13(14)17/h2-7,18H,8H2,1H3. The Balaban J connectivity index is 2.13. The molecule has 2 aromatic carbocycles. The second-order valence-electron chi connectivity index (χ2n) is 4.07. The van der Waals surface area contributed by atoms with Crippen molar-refractivity contribution >= 4 is 33.2 Å². The fraction of sp³-hybridized carbons (Fsp3) is 0.143. The number of aryl methyl sites for hydroxylation is 1. The Morgan fingerprint density at radius 3 is 2.72 bits per heavy atom. The SMILES string of the molecule is Cc1ccc(CNc2cc(Cl)ccc2F)c(Br)c1. The highest BCUT2D eigenvalue weighted by atomic mass is 79.9. The van der Waals surface area contributed by atoms with Crippen molar-refractivity contribution in [2.45, 2.75) is 13.5 Å². The summed E-state index contributed by atoms with van der Waals surface area (Å²) in [6.45, 7) is 2.57. The quantitative estimate of drug-likeness (QED) is 0.820. The molecule has 2 rings (SSSR count). The Morgan fingerprint density at radius 1 is 1.22 bits per heavy atom. The Morgan fingerprint density at radius 2 is 2.00 bits per heavy atom. The normalized spacial score (nSPS) is 10.4. The van der Waals surface area contributed by atoms with Gasteiger partial charge in [0.15, 0.2) is 0 Å². The van der Waals surface area contributed by atoms with Crippen molar-refractivity contribution in [1.29, 1.82) is 0 Å². The van der Waals surface area contributed by atoms with Crippen molar-refractivity contribution < 1.29 is 4.39 Å². The molecule has 18 heavy (non-hydrogen) atoms. The van der Waals surface area contributed by atoms with Gasteiger partial charge in [0.2, 0.25) is 0 Å². The monoisotopic (exact) mass is 327 g/mol. The minimum absolute atomic E-state index is 0.303. The second kappa shape index (κ2) is 5.72. The van der Waals surface area contributed by atoms with Crippen molar-refractivity contribution in [1.82, 2.24) is 0 Å². The summed E-state index contributed by atoms with van der Waals surface area (Å²) in [5.74, 6) is -0.303. The molecular weight excluding hydrogens is 317 g/mol. The molecule has 0 unspecified atom stereocenters. The highest BCUT2D eigenvalue weighted by Gasteiger charge is 2.04. The van der Waals surface area contributed by atoms with Gasteiger partial charge in [0.1, 0.15) is 5.82 Å². The first-order chi connectivity index (χ1) is 8.56. The molecule has 0 aromatic heterocycles. The zero-order valence-electron chi connectivity index (χ0n) is 9.81. The third kappa shape index (κ3) is 3.24. The largest absolute Gasteiger partial charge is 0.379 e. The first kappa shape index (κ1) is 13.4. The van der Waals surface area contributed by atoms with Crippen molar-refractivity contribution in [2.75, 3.05) is 5.32 Å². The topological polar surface area (TPSA) is 12.0 Å². The van der Waals surface area contributed by atoms with Crippen LogP contribution in [0.5, 0.6) is 0 Å². The lowest BCUT2D eigenvalue weighted by molar-refractivity contribution is 0.630. The second-order valence-corrected chi connectivity index (χ2v) is 5.36. The maximum Gasteiger partial charge on any atom is 0.146 e. The molecule has 0 amide bonds. The van der Waals surface area contributed by atoms with Crippen LogP contribution in [0.4, 0.5) is 10.1 Å². The Kier molecular flexibility index (Phi) is 4.25. The van der Waals surface area contributed by atoms with E-state index in [9.17, 15) is 4.39 Å². The molecule has 0 radical (unpaired) electrons. The summed E-state index contributed by atoms with van der Waals surface area (Å²) in [5, 5.41) is 3.56. The van der Waals surface area contributed by atoms with E-state index < -0.39 is 0 Å². The first-order valence-corrected chi connectivity index (χ1v) is 6.67. The number of nitrogens with one attached hydrogen (secondary N) is 1. The van der Waals surface area contributed by atoms with Crippen LogP contribution in [0.15, 0.2) is 40.9 Å². The maximum absolute atomic E-state index is 13.5. The molecule has 0 fully saturated rings. The van der Waals surface area contributed by atoms with E-state index in [1.807, 2.05) is 25.1 Å². The Hall–Kier alpha value is -1.06. The lowest BCUT2D eigenvalue weighted by Gasteiger charge is -2.10. The van der Waals surface area contributed by atoms with Gasteiger partial charge in [0.25, 0.3) is 0 Å². The lowest BCUT2D eigenvalue weighted by atomic mass is 10.1. The summed E-state index contributed by atoms with van der Waals surface area (Å²) in [6.07, 6.45) is 0. The van der Waals surface area contributed by atoms with Gasteiger partial charge in [-0.2, -0.15) is 0 Å². The van der Waals surface area contributed by atoms with E-state index in [-0.39, 0.29) is 5.82 Å². The van der Waals surface area contributed by atoms with E-state index in [0.29, 0.717) is 17.3 Å². The van der Waals surface area contributed by atoms with E-state index in [0.717, 1.165) is 10.0 Å². The number of halogens is 3. The summed E-state index contributed by atoms with van der Waals surface area (Å²) in [4.78, 5) is 0. The average molecular weight is 329 g/mol. The first-order valence-electron chi connectivity index (χ1n) is 5.50. The smallest absolute Gasteiger partial charge is 0.146 e. The molecule has 0 bridgehead atoms. The van der Waals surface area contributed by atoms with Crippen LogP contribution in [0, 0.1) is 12.7 Å². The van der Waals surface area contributed by atoms with Gasteiger partial charge in [-0.15, -0.1) is 0 Å². The van der Waals surface area contributed by atoms with Crippen LogP contribution in [0.3, 0.4) is 0 Å². The minimum Gasteiger partial charge on any atom is -0.379 e. The van der Waals surface area contributed by atoms with Gasteiger partial charge in [0, 0.05) is 16.0 Å². The van der Waals surface area contributed by atoms with E-state index >= 15 is 0 Å². The predicted octanol–water partition coefficient (Wildman–Crippen LogP) is 5.16. The molecule has 0 aliphatic rings. The molecule has 0 aliphatic heterocycles. The fourth-order valence-electron chi connectivity index (χ4n) is 1.62. The van der Waals surface area contributed by atoms with Crippen LogP contribution >= 0.6 is 27.5 Å². The van der Waals surface area contributed by atoms with Crippen LogP contribution < -0.4 is 5.32 Å². The lowest BCUT2D eigenvalue weighted by Crippen LogP contribution is -2.02. The number of hydrogen-bond donors (Lipinski definition) is 1. The van der Waals surface area contributed by atoms with Gasteiger partial charge < -0.3 is 5.32 Å². The van der Waals surface area contributed by atoms with Crippen LogP contribution in [-0.4, -0.2) is 0 Å². The van der Waals surface area contributed by atoms with Crippen LogP contribution in [-0.2, 0) is 6.54 Å². The van der Waals surface area contributed by atoms with Crippen molar-refractivity contribution in [3.8, 4) is 0 Å². The molecule has 1 nitrogen and oxygen atoms in total. The molecule has 0 spiro atoms. The highest BCUT2D eigenvalue weighted by Crippen LogP contribution is 2.23. The zero-order valence-corrected chi connectivity index (χ0v) is 12.1. The summed E-state index contributed by atoms with van der Waals surface area (Å²) in [5.41, 5.74) is 2.66. The molecule has 0 heterocycles. The number of benzene rings is 2. The van der Waals surface area contributed by atoms with Crippen molar-refractivity contribution in [3.63, 3.8) is 0 Å². The summed E-state index contributed by atoms with van der Waals surface area (Å²) in [7, 11) is 0. The summed E-state index contributed by atoms with van der Waals surface area (Å²) < 4.78 is 14.5. The summed E-state index contributed by atoms with van der Waals surface area (Å²) in [6, 6.07) is 10.5. The van der Waals surface area contributed by atoms with Crippen LogP contribution in [0.1, 0.15) is 11.1 Å².